The minimum atomic E-state index is -1.07. The van der Waals surface area contributed by atoms with E-state index in [0.717, 1.165) is 17.7 Å². The van der Waals surface area contributed by atoms with Crippen LogP contribution in [0.15, 0.2) is 48.5 Å². The third kappa shape index (κ3) is 4.80. The van der Waals surface area contributed by atoms with E-state index in [1.807, 2.05) is 31.2 Å². The highest BCUT2D eigenvalue weighted by Gasteiger charge is 2.37. The van der Waals surface area contributed by atoms with Gasteiger partial charge in [-0.15, -0.1) is 0 Å². The monoisotopic (exact) mass is 398 g/mol. The van der Waals surface area contributed by atoms with Gasteiger partial charge in [0.2, 0.25) is 5.91 Å². The molecule has 2 aromatic carbocycles. The molecule has 1 N–H and O–H groups in total. The predicted molar refractivity (Wildman–Crippen MR) is 107 cm³/mol. The van der Waals surface area contributed by atoms with Crippen LogP contribution >= 0.6 is 0 Å². The molecule has 0 radical (unpaired) electrons. The van der Waals surface area contributed by atoms with Crippen molar-refractivity contribution in [2.75, 3.05) is 16.8 Å². The van der Waals surface area contributed by atoms with Crippen molar-refractivity contribution in [2.45, 2.75) is 32.8 Å². The summed E-state index contributed by atoms with van der Waals surface area (Å²) in [6.45, 7) is 3.66. The quantitative estimate of drug-likeness (QED) is 0.758. The molecular formula is C22H23FN2O4. The summed E-state index contributed by atoms with van der Waals surface area (Å²) in [5, 5.41) is 2.50. The number of nitrogens with one attached hydrogen (secondary N) is 1. The molecule has 0 spiro atoms. The van der Waals surface area contributed by atoms with Crippen LogP contribution in [0.5, 0.6) is 0 Å². The molecular weight excluding hydrogens is 375 g/mol. The molecule has 0 bridgehead atoms. The Morgan fingerprint density at radius 3 is 2.72 bits per heavy atom. The van der Waals surface area contributed by atoms with E-state index < -0.39 is 29.7 Å². The predicted octanol–water partition coefficient (Wildman–Crippen LogP) is 3.31. The van der Waals surface area contributed by atoms with Crippen molar-refractivity contribution in [2.24, 2.45) is 5.92 Å². The van der Waals surface area contributed by atoms with Gasteiger partial charge < -0.3 is 15.0 Å². The summed E-state index contributed by atoms with van der Waals surface area (Å²) in [4.78, 5) is 38.8. The molecule has 0 unspecified atom stereocenters. The van der Waals surface area contributed by atoms with Gasteiger partial charge in [-0.25, -0.2) is 4.39 Å². The van der Waals surface area contributed by atoms with Gasteiger partial charge in [-0.3, -0.25) is 14.4 Å². The number of esters is 1. The lowest BCUT2D eigenvalue weighted by Crippen LogP contribution is -2.33. The number of halogens is 1. The van der Waals surface area contributed by atoms with E-state index in [1.54, 1.807) is 4.90 Å². The van der Waals surface area contributed by atoms with Gasteiger partial charge in [0.25, 0.3) is 5.91 Å². The van der Waals surface area contributed by atoms with Gasteiger partial charge in [0.1, 0.15) is 5.82 Å². The molecule has 2 aromatic rings. The fraction of sp³-hybridized carbons (Fsp3) is 0.318. The van der Waals surface area contributed by atoms with Crippen molar-refractivity contribution in [3.63, 3.8) is 0 Å². The maximum atomic E-state index is 13.2. The van der Waals surface area contributed by atoms with E-state index in [1.165, 1.54) is 31.2 Å². The van der Waals surface area contributed by atoms with Gasteiger partial charge in [-0.05, 0) is 43.2 Å². The number of amides is 2. The normalized spacial score (nSPS) is 17.1. The summed E-state index contributed by atoms with van der Waals surface area (Å²) in [6.07, 6.45) is -0.264. The zero-order valence-corrected chi connectivity index (χ0v) is 16.4. The number of hydrogen-bond acceptors (Lipinski definition) is 4. The molecule has 29 heavy (non-hydrogen) atoms. The molecule has 1 heterocycles. The Kier molecular flexibility index (Phi) is 6.26. The lowest BCUT2D eigenvalue weighted by atomic mass is 10.1. The second-order valence-corrected chi connectivity index (χ2v) is 6.97. The zero-order valence-electron chi connectivity index (χ0n) is 16.4. The van der Waals surface area contributed by atoms with Crippen molar-refractivity contribution in [3.8, 4) is 0 Å². The number of rotatable bonds is 6. The SMILES string of the molecule is CCc1ccccc1N1C[C@@H](C(=O)O[C@@H](C)C(=O)Nc2cccc(F)c2)CC1=O. The smallest absolute Gasteiger partial charge is 0.312 e. The average molecular weight is 398 g/mol. The van der Waals surface area contributed by atoms with Crippen LogP contribution in [0.25, 0.3) is 0 Å². The van der Waals surface area contributed by atoms with Gasteiger partial charge in [0.15, 0.2) is 6.10 Å². The highest BCUT2D eigenvalue weighted by molar-refractivity contribution is 6.01. The fourth-order valence-electron chi connectivity index (χ4n) is 3.31. The number of anilines is 2. The Balaban J connectivity index is 1.60. The van der Waals surface area contributed by atoms with Crippen LogP contribution in [0.1, 0.15) is 25.8 Å². The summed E-state index contributed by atoms with van der Waals surface area (Å²) < 4.78 is 18.5. The summed E-state index contributed by atoms with van der Waals surface area (Å²) in [5.74, 6) is -2.44. The van der Waals surface area contributed by atoms with Crippen LogP contribution in [-0.2, 0) is 25.5 Å². The first kappa shape index (κ1) is 20.5. The van der Waals surface area contributed by atoms with E-state index in [9.17, 15) is 18.8 Å². The number of aryl methyl sites for hydroxylation is 1. The van der Waals surface area contributed by atoms with Crippen molar-refractivity contribution >= 4 is 29.2 Å². The number of carbonyl (C=O) groups excluding carboxylic acids is 3. The number of benzene rings is 2. The lowest BCUT2D eigenvalue weighted by molar-refractivity contribution is -0.157. The van der Waals surface area contributed by atoms with Gasteiger partial charge >= 0.3 is 5.97 Å². The number of nitrogens with zero attached hydrogens (tertiary/aromatic N) is 1. The average Bonchev–Trinajstić information content (AvgIpc) is 3.09. The first-order chi connectivity index (χ1) is 13.9. The summed E-state index contributed by atoms with van der Waals surface area (Å²) in [5.41, 5.74) is 2.10. The number of ether oxygens (including phenoxy) is 1. The molecule has 152 valence electrons. The molecule has 3 rings (SSSR count). The van der Waals surface area contributed by atoms with Crippen LogP contribution in [-0.4, -0.2) is 30.4 Å². The Morgan fingerprint density at radius 2 is 2.00 bits per heavy atom. The van der Waals surface area contributed by atoms with E-state index >= 15 is 0 Å². The summed E-state index contributed by atoms with van der Waals surface area (Å²) in [7, 11) is 0. The number of carbonyl (C=O) groups is 3. The molecule has 1 fully saturated rings. The van der Waals surface area contributed by atoms with Gasteiger partial charge in [-0.1, -0.05) is 31.2 Å². The lowest BCUT2D eigenvalue weighted by Gasteiger charge is -2.20. The number of para-hydroxylation sites is 1. The zero-order chi connectivity index (χ0) is 21.0. The fourth-order valence-corrected chi connectivity index (χ4v) is 3.31. The van der Waals surface area contributed by atoms with Crippen LogP contribution < -0.4 is 10.2 Å². The maximum Gasteiger partial charge on any atom is 0.312 e. The molecule has 1 aliphatic heterocycles. The summed E-state index contributed by atoms with van der Waals surface area (Å²) in [6, 6.07) is 13.0. The van der Waals surface area contributed by atoms with E-state index in [0.29, 0.717) is 0 Å². The molecule has 2 amide bonds. The molecule has 6 nitrogen and oxygen atoms in total. The molecule has 1 aliphatic rings. The van der Waals surface area contributed by atoms with Crippen molar-refractivity contribution in [1.29, 1.82) is 0 Å². The third-order valence-corrected chi connectivity index (χ3v) is 4.88. The minimum absolute atomic E-state index is 0.0368. The molecule has 0 aromatic heterocycles. The maximum absolute atomic E-state index is 13.2. The largest absolute Gasteiger partial charge is 0.452 e. The molecule has 7 heteroatoms. The number of hydrogen-bond donors (Lipinski definition) is 1. The topological polar surface area (TPSA) is 75.7 Å². The van der Waals surface area contributed by atoms with Crippen molar-refractivity contribution in [3.05, 3.63) is 59.9 Å². The molecule has 1 saturated heterocycles. The van der Waals surface area contributed by atoms with Crippen LogP contribution in [0.2, 0.25) is 0 Å². The second-order valence-electron chi connectivity index (χ2n) is 6.97. The van der Waals surface area contributed by atoms with E-state index in [-0.39, 0.29) is 24.6 Å². The van der Waals surface area contributed by atoms with E-state index in [4.69, 9.17) is 4.74 Å². The van der Waals surface area contributed by atoms with E-state index in [2.05, 4.69) is 5.32 Å². The molecule has 0 saturated carbocycles. The van der Waals surface area contributed by atoms with Crippen molar-refractivity contribution in [1.82, 2.24) is 0 Å². The molecule has 2 atom stereocenters. The first-order valence-corrected chi connectivity index (χ1v) is 9.54. The second kappa shape index (κ2) is 8.86. The standard InChI is InChI=1S/C22H23FN2O4/c1-3-15-7-4-5-10-19(15)25-13-16(11-20(25)26)22(28)29-14(2)21(27)24-18-9-6-8-17(23)12-18/h4-10,12,14,16H,3,11,13H2,1-2H3,(H,24,27)/t14-,16-/m0/s1. The van der Waals surface area contributed by atoms with Gasteiger partial charge in [0.05, 0.1) is 5.92 Å². The highest BCUT2D eigenvalue weighted by Crippen LogP contribution is 2.29. The summed E-state index contributed by atoms with van der Waals surface area (Å²) >= 11 is 0. The van der Waals surface area contributed by atoms with Crippen LogP contribution in [0, 0.1) is 11.7 Å². The van der Waals surface area contributed by atoms with Crippen molar-refractivity contribution < 1.29 is 23.5 Å². The molecule has 0 aliphatic carbocycles. The minimum Gasteiger partial charge on any atom is -0.452 e. The van der Waals surface area contributed by atoms with Crippen LogP contribution in [0.4, 0.5) is 15.8 Å². The Bertz CT molecular complexity index is 931. The van der Waals surface area contributed by atoms with Gasteiger partial charge in [-0.2, -0.15) is 0 Å². The van der Waals surface area contributed by atoms with Gasteiger partial charge in [0, 0.05) is 24.3 Å². The Morgan fingerprint density at radius 1 is 1.24 bits per heavy atom. The Labute approximate surface area is 168 Å². The Hall–Kier alpha value is -3.22. The van der Waals surface area contributed by atoms with Crippen LogP contribution in [0.3, 0.4) is 0 Å². The third-order valence-electron chi connectivity index (χ3n) is 4.88. The first-order valence-electron chi connectivity index (χ1n) is 9.54. The highest BCUT2D eigenvalue weighted by atomic mass is 19.1.